The highest BCUT2D eigenvalue weighted by molar-refractivity contribution is 5.96. The smallest absolute Gasteiger partial charge is 0.227 e. The number of carbonyl (C=O) groups is 2. The first kappa shape index (κ1) is 24.8. The van der Waals surface area contributed by atoms with Gasteiger partial charge < -0.3 is 20.3 Å². The average molecular weight is 491 g/mol. The Balaban J connectivity index is 1.40. The zero-order valence-corrected chi connectivity index (χ0v) is 21.6. The fraction of sp³-hybridized carbons (Fsp3) is 0.517. The van der Waals surface area contributed by atoms with Crippen LogP contribution in [0.4, 0.5) is 5.69 Å². The van der Waals surface area contributed by atoms with Crippen molar-refractivity contribution in [1.29, 1.82) is 0 Å². The third-order valence-corrected chi connectivity index (χ3v) is 8.33. The maximum absolute atomic E-state index is 12.3. The number of methoxy groups -OCH3 is 1. The first-order valence-electron chi connectivity index (χ1n) is 13.3. The maximum Gasteiger partial charge on any atom is 0.227 e. The number of piperidine rings is 1. The van der Waals surface area contributed by atoms with E-state index >= 15 is 0 Å². The van der Waals surface area contributed by atoms with Gasteiger partial charge in [-0.3, -0.25) is 14.5 Å². The van der Waals surface area contributed by atoms with E-state index in [0.29, 0.717) is 19.4 Å². The second kappa shape index (κ2) is 10.6. The van der Waals surface area contributed by atoms with Gasteiger partial charge in [-0.05, 0) is 62.4 Å². The van der Waals surface area contributed by atoms with E-state index in [1.54, 1.807) is 12.0 Å². The Bertz CT molecular complexity index is 1110. The minimum absolute atomic E-state index is 0.159. The Morgan fingerprint density at radius 1 is 1.11 bits per heavy atom. The normalized spacial score (nSPS) is 25.4. The summed E-state index contributed by atoms with van der Waals surface area (Å²) in [5.74, 6) is 1.19. The molecule has 0 saturated carbocycles. The molecule has 3 aliphatic heterocycles. The third kappa shape index (κ3) is 4.87. The van der Waals surface area contributed by atoms with Gasteiger partial charge in [0.2, 0.25) is 11.8 Å². The first-order valence-corrected chi connectivity index (χ1v) is 13.3. The van der Waals surface area contributed by atoms with Gasteiger partial charge in [-0.1, -0.05) is 30.3 Å². The van der Waals surface area contributed by atoms with Crippen LogP contribution in [0.15, 0.2) is 42.5 Å². The summed E-state index contributed by atoms with van der Waals surface area (Å²) in [6.07, 6.45) is 4.99. The highest BCUT2D eigenvalue weighted by atomic mass is 16.5. The molecule has 0 aromatic heterocycles. The molecule has 0 spiro atoms. The van der Waals surface area contributed by atoms with E-state index < -0.39 is 0 Å². The molecule has 2 saturated heterocycles. The standard InChI is InChI=1S/C29H38N4O3/c1-19(23-12-13-27(34)31-23)33-15-7-10-24(29(33)20-8-5-4-6-9-20)30-18-22-16-25-21(17-26(22)36-3)11-14-28(35)32(25)2/h4-6,8-9,16-17,19,23-24,29-30H,7,10-15,18H2,1-3H3,(H,31,34)/t19?,23-,24-,29-/m0/s1. The number of likely N-dealkylation sites (tertiary alicyclic amines) is 1. The summed E-state index contributed by atoms with van der Waals surface area (Å²) in [4.78, 5) is 28.6. The Kier molecular flexibility index (Phi) is 7.30. The summed E-state index contributed by atoms with van der Waals surface area (Å²) in [6, 6.07) is 15.8. The van der Waals surface area contributed by atoms with E-state index in [2.05, 4.69) is 64.9 Å². The largest absolute Gasteiger partial charge is 0.496 e. The second-order valence-corrected chi connectivity index (χ2v) is 10.4. The molecular weight excluding hydrogens is 452 g/mol. The quantitative estimate of drug-likeness (QED) is 0.621. The van der Waals surface area contributed by atoms with Gasteiger partial charge in [0.25, 0.3) is 0 Å². The number of anilines is 1. The lowest BCUT2D eigenvalue weighted by Crippen LogP contribution is -2.55. The number of nitrogens with zero attached hydrogens (tertiary/aromatic N) is 2. The number of nitrogens with one attached hydrogen (secondary N) is 2. The van der Waals surface area contributed by atoms with Crippen molar-refractivity contribution in [3.05, 3.63) is 59.2 Å². The first-order chi connectivity index (χ1) is 17.5. The van der Waals surface area contributed by atoms with Crippen LogP contribution < -0.4 is 20.3 Å². The van der Waals surface area contributed by atoms with Gasteiger partial charge in [0, 0.05) is 55.8 Å². The van der Waals surface area contributed by atoms with Crippen molar-refractivity contribution in [3.63, 3.8) is 0 Å². The van der Waals surface area contributed by atoms with Gasteiger partial charge in [0.05, 0.1) is 13.2 Å². The van der Waals surface area contributed by atoms with E-state index in [4.69, 9.17) is 4.74 Å². The monoisotopic (exact) mass is 490 g/mol. The Hall–Kier alpha value is -2.90. The molecular formula is C29H38N4O3. The molecule has 2 fully saturated rings. The Morgan fingerprint density at radius 2 is 1.92 bits per heavy atom. The number of ether oxygens (including phenoxy) is 1. The number of rotatable bonds is 7. The molecule has 7 nitrogen and oxygen atoms in total. The van der Waals surface area contributed by atoms with Crippen molar-refractivity contribution in [2.75, 3.05) is 25.6 Å². The molecule has 0 radical (unpaired) electrons. The number of hydrogen-bond donors (Lipinski definition) is 2. The molecule has 0 bridgehead atoms. The molecule has 5 rings (SSSR count). The average Bonchev–Trinajstić information content (AvgIpc) is 3.35. The zero-order chi connectivity index (χ0) is 25.2. The third-order valence-electron chi connectivity index (χ3n) is 8.33. The van der Waals surface area contributed by atoms with Gasteiger partial charge in [0.1, 0.15) is 5.75 Å². The molecule has 192 valence electrons. The SMILES string of the molecule is COc1cc2c(cc1CN[C@H]1CCCN(C(C)[C@@H]3CCC(=O)N3)[C@H]1c1ccccc1)N(C)C(=O)CC2. The maximum atomic E-state index is 12.3. The molecule has 2 N–H and O–H groups in total. The lowest BCUT2D eigenvalue weighted by atomic mass is 9.87. The van der Waals surface area contributed by atoms with Crippen molar-refractivity contribution < 1.29 is 14.3 Å². The minimum Gasteiger partial charge on any atom is -0.496 e. The summed E-state index contributed by atoms with van der Waals surface area (Å²) < 4.78 is 5.77. The molecule has 2 amide bonds. The number of carbonyl (C=O) groups excluding carboxylic acids is 2. The van der Waals surface area contributed by atoms with Gasteiger partial charge in [0.15, 0.2) is 0 Å². The highest BCUT2D eigenvalue weighted by Gasteiger charge is 2.39. The summed E-state index contributed by atoms with van der Waals surface area (Å²) >= 11 is 0. The van der Waals surface area contributed by atoms with Crippen LogP contribution in [0, 0.1) is 0 Å². The number of amides is 2. The predicted molar refractivity (Wildman–Crippen MR) is 141 cm³/mol. The van der Waals surface area contributed by atoms with Crippen LogP contribution >= 0.6 is 0 Å². The van der Waals surface area contributed by atoms with Gasteiger partial charge in [-0.2, -0.15) is 0 Å². The van der Waals surface area contributed by atoms with Crippen LogP contribution in [-0.4, -0.2) is 55.5 Å². The van der Waals surface area contributed by atoms with Crippen LogP contribution in [0.3, 0.4) is 0 Å². The van der Waals surface area contributed by atoms with E-state index in [-0.39, 0.29) is 36.0 Å². The molecule has 7 heteroatoms. The van der Waals surface area contributed by atoms with Gasteiger partial charge >= 0.3 is 0 Å². The van der Waals surface area contributed by atoms with E-state index in [1.807, 2.05) is 7.05 Å². The molecule has 0 aliphatic carbocycles. The number of aryl methyl sites for hydroxylation is 1. The van der Waals surface area contributed by atoms with E-state index in [1.165, 1.54) is 5.56 Å². The second-order valence-electron chi connectivity index (χ2n) is 10.4. The van der Waals surface area contributed by atoms with Crippen molar-refractivity contribution in [2.24, 2.45) is 0 Å². The molecule has 2 aromatic carbocycles. The number of fused-ring (bicyclic) bond motifs is 1. The number of benzene rings is 2. The van der Waals surface area contributed by atoms with Crippen molar-refractivity contribution in [3.8, 4) is 5.75 Å². The molecule has 1 unspecified atom stereocenters. The lowest BCUT2D eigenvalue weighted by molar-refractivity contribution is -0.120. The minimum atomic E-state index is 0.159. The topological polar surface area (TPSA) is 73.9 Å². The lowest BCUT2D eigenvalue weighted by Gasteiger charge is -2.46. The summed E-state index contributed by atoms with van der Waals surface area (Å²) in [5, 5.41) is 7.06. The van der Waals surface area contributed by atoms with E-state index in [9.17, 15) is 9.59 Å². The summed E-state index contributed by atoms with van der Waals surface area (Å²) in [6.45, 7) is 3.93. The molecule has 2 aromatic rings. The van der Waals surface area contributed by atoms with Crippen molar-refractivity contribution in [2.45, 2.75) is 76.2 Å². The molecule has 4 atom stereocenters. The number of hydrogen-bond acceptors (Lipinski definition) is 5. The Morgan fingerprint density at radius 3 is 2.64 bits per heavy atom. The molecule has 36 heavy (non-hydrogen) atoms. The van der Waals surface area contributed by atoms with Crippen molar-refractivity contribution >= 4 is 17.5 Å². The molecule has 3 aliphatic rings. The van der Waals surface area contributed by atoms with Crippen LogP contribution in [0.2, 0.25) is 0 Å². The van der Waals surface area contributed by atoms with Crippen LogP contribution in [0.25, 0.3) is 0 Å². The van der Waals surface area contributed by atoms with Crippen LogP contribution in [0.5, 0.6) is 5.75 Å². The Labute approximate surface area is 214 Å². The van der Waals surface area contributed by atoms with Gasteiger partial charge in [-0.15, -0.1) is 0 Å². The fourth-order valence-electron chi connectivity index (χ4n) is 6.28. The fourth-order valence-corrected chi connectivity index (χ4v) is 6.28. The zero-order valence-electron chi connectivity index (χ0n) is 21.6. The summed E-state index contributed by atoms with van der Waals surface area (Å²) in [7, 11) is 3.58. The van der Waals surface area contributed by atoms with Crippen LogP contribution in [-0.2, 0) is 22.6 Å². The van der Waals surface area contributed by atoms with E-state index in [0.717, 1.165) is 54.8 Å². The van der Waals surface area contributed by atoms with Crippen molar-refractivity contribution in [1.82, 2.24) is 15.5 Å². The van der Waals surface area contributed by atoms with Crippen LogP contribution in [0.1, 0.15) is 61.8 Å². The van der Waals surface area contributed by atoms with Gasteiger partial charge in [-0.25, -0.2) is 0 Å². The molecule has 3 heterocycles. The highest BCUT2D eigenvalue weighted by Crippen LogP contribution is 2.37. The predicted octanol–water partition coefficient (Wildman–Crippen LogP) is 3.57. The summed E-state index contributed by atoms with van der Waals surface area (Å²) in [5.41, 5.74) is 4.52.